The molecule has 0 aromatic heterocycles. The molecule has 3 rings (SSSR count). The van der Waals surface area contributed by atoms with Crippen LogP contribution in [0.15, 0.2) is 18.2 Å². The molecule has 2 heterocycles. The highest BCUT2D eigenvalue weighted by Gasteiger charge is 2.37. The molecule has 24 heavy (non-hydrogen) atoms. The fraction of sp³-hybridized carbons (Fsp3) is 0.579. The SMILES string of the molecule is CCC1(CO)CCN(C(=O)C(=O)N2CCc3ccc(C)cc32)CC1. The number of fused-ring (bicyclic) bond motifs is 1. The van der Waals surface area contributed by atoms with E-state index in [0.29, 0.717) is 19.6 Å². The van der Waals surface area contributed by atoms with Crippen molar-refractivity contribution >= 4 is 17.5 Å². The van der Waals surface area contributed by atoms with Gasteiger partial charge in [-0.05, 0) is 55.2 Å². The topological polar surface area (TPSA) is 60.9 Å². The van der Waals surface area contributed by atoms with Gasteiger partial charge in [0.25, 0.3) is 0 Å². The van der Waals surface area contributed by atoms with Crippen LogP contribution in [0.25, 0.3) is 0 Å². The maximum Gasteiger partial charge on any atom is 0.316 e. The van der Waals surface area contributed by atoms with Gasteiger partial charge in [0, 0.05) is 31.9 Å². The number of carbonyl (C=O) groups is 2. The molecule has 0 atom stereocenters. The summed E-state index contributed by atoms with van der Waals surface area (Å²) in [4.78, 5) is 28.6. The summed E-state index contributed by atoms with van der Waals surface area (Å²) in [6.45, 7) is 5.89. The summed E-state index contributed by atoms with van der Waals surface area (Å²) in [5.41, 5.74) is 3.01. The van der Waals surface area contributed by atoms with Crippen LogP contribution >= 0.6 is 0 Å². The molecule has 2 aliphatic heterocycles. The fourth-order valence-electron chi connectivity index (χ4n) is 3.76. The minimum atomic E-state index is -0.424. The molecular weight excluding hydrogens is 304 g/mol. The van der Waals surface area contributed by atoms with E-state index in [4.69, 9.17) is 0 Å². The van der Waals surface area contributed by atoms with Gasteiger partial charge in [0.2, 0.25) is 0 Å². The zero-order chi connectivity index (χ0) is 17.3. The summed E-state index contributed by atoms with van der Waals surface area (Å²) in [7, 11) is 0. The van der Waals surface area contributed by atoms with Gasteiger partial charge < -0.3 is 14.9 Å². The quantitative estimate of drug-likeness (QED) is 0.843. The molecule has 0 radical (unpaired) electrons. The second-order valence-electron chi connectivity index (χ2n) is 7.14. The first-order chi connectivity index (χ1) is 11.5. The van der Waals surface area contributed by atoms with Crippen LogP contribution in [0.5, 0.6) is 0 Å². The van der Waals surface area contributed by atoms with E-state index in [1.54, 1.807) is 9.80 Å². The highest BCUT2D eigenvalue weighted by Crippen LogP contribution is 2.35. The van der Waals surface area contributed by atoms with Gasteiger partial charge in [-0.25, -0.2) is 0 Å². The lowest BCUT2D eigenvalue weighted by Gasteiger charge is -2.40. The number of hydrogen-bond acceptors (Lipinski definition) is 3. The fourth-order valence-corrected chi connectivity index (χ4v) is 3.76. The van der Waals surface area contributed by atoms with Gasteiger partial charge in [-0.1, -0.05) is 19.1 Å². The largest absolute Gasteiger partial charge is 0.396 e. The predicted octanol–water partition coefficient (Wildman–Crippen LogP) is 1.90. The van der Waals surface area contributed by atoms with Crippen molar-refractivity contribution in [3.63, 3.8) is 0 Å². The van der Waals surface area contributed by atoms with Crippen LogP contribution < -0.4 is 4.90 Å². The van der Waals surface area contributed by atoms with Crippen molar-refractivity contribution in [3.8, 4) is 0 Å². The molecule has 2 amide bonds. The van der Waals surface area contributed by atoms with E-state index in [1.165, 1.54) is 0 Å². The van der Waals surface area contributed by atoms with Crippen LogP contribution in [0.1, 0.15) is 37.3 Å². The van der Waals surface area contributed by atoms with E-state index < -0.39 is 11.8 Å². The lowest BCUT2D eigenvalue weighted by atomic mass is 9.77. The second kappa shape index (κ2) is 6.55. The number of aryl methyl sites for hydroxylation is 1. The first-order valence-corrected chi connectivity index (χ1v) is 8.81. The Bertz CT molecular complexity index is 642. The van der Waals surface area contributed by atoms with E-state index in [2.05, 4.69) is 6.92 Å². The smallest absolute Gasteiger partial charge is 0.316 e. The first kappa shape index (κ1) is 17.0. The van der Waals surface area contributed by atoms with Crippen molar-refractivity contribution in [1.29, 1.82) is 0 Å². The van der Waals surface area contributed by atoms with E-state index >= 15 is 0 Å². The summed E-state index contributed by atoms with van der Waals surface area (Å²) in [5.74, 6) is -0.834. The molecule has 0 bridgehead atoms. The molecule has 0 saturated carbocycles. The Balaban J connectivity index is 1.69. The molecule has 130 valence electrons. The summed E-state index contributed by atoms with van der Waals surface area (Å²) in [6.07, 6.45) is 3.22. The van der Waals surface area contributed by atoms with Gasteiger partial charge >= 0.3 is 11.8 Å². The van der Waals surface area contributed by atoms with E-state index in [9.17, 15) is 14.7 Å². The van der Waals surface area contributed by atoms with E-state index in [-0.39, 0.29) is 12.0 Å². The monoisotopic (exact) mass is 330 g/mol. The molecule has 1 aromatic rings. The third kappa shape index (κ3) is 2.93. The Hall–Kier alpha value is -1.88. The third-order valence-corrected chi connectivity index (χ3v) is 5.76. The van der Waals surface area contributed by atoms with Gasteiger partial charge in [-0.2, -0.15) is 0 Å². The van der Waals surface area contributed by atoms with Crippen molar-refractivity contribution in [2.24, 2.45) is 5.41 Å². The number of benzene rings is 1. The maximum absolute atomic E-state index is 12.7. The third-order valence-electron chi connectivity index (χ3n) is 5.76. The predicted molar refractivity (Wildman–Crippen MR) is 92.9 cm³/mol. The maximum atomic E-state index is 12.7. The number of nitrogens with zero attached hydrogens (tertiary/aromatic N) is 2. The highest BCUT2D eigenvalue weighted by atomic mass is 16.3. The Morgan fingerprint density at radius 3 is 2.50 bits per heavy atom. The van der Waals surface area contributed by atoms with Crippen LogP contribution in [0.4, 0.5) is 5.69 Å². The summed E-state index contributed by atoms with van der Waals surface area (Å²) >= 11 is 0. The molecule has 5 heteroatoms. The zero-order valence-corrected chi connectivity index (χ0v) is 14.5. The summed E-state index contributed by atoms with van der Waals surface area (Å²) < 4.78 is 0. The highest BCUT2D eigenvalue weighted by molar-refractivity contribution is 6.40. The van der Waals surface area contributed by atoms with Gasteiger partial charge in [0.05, 0.1) is 0 Å². The number of likely N-dealkylation sites (tertiary alicyclic amines) is 1. The van der Waals surface area contributed by atoms with Crippen molar-refractivity contribution < 1.29 is 14.7 Å². The summed E-state index contributed by atoms with van der Waals surface area (Å²) in [6, 6.07) is 6.07. The molecule has 5 nitrogen and oxygen atoms in total. The number of piperidine rings is 1. The number of anilines is 1. The summed E-state index contributed by atoms with van der Waals surface area (Å²) in [5, 5.41) is 9.60. The molecule has 1 fully saturated rings. The van der Waals surface area contributed by atoms with Crippen LogP contribution in [0.3, 0.4) is 0 Å². The Morgan fingerprint density at radius 2 is 1.88 bits per heavy atom. The van der Waals surface area contributed by atoms with E-state index in [0.717, 1.165) is 42.5 Å². The van der Waals surface area contributed by atoms with Gasteiger partial charge in [0.15, 0.2) is 0 Å². The minimum Gasteiger partial charge on any atom is -0.396 e. The molecule has 0 spiro atoms. The minimum absolute atomic E-state index is 0.0861. The lowest BCUT2D eigenvalue weighted by Crippen LogP contribution is -2.50. The van der Waals surface area contributed by atoms with Crippen molar-refractivity contribution in [3.05, 3.63) is 29.3 Å². The van der Waals surface area contributed by atoms with Crippen molar-refractivity contribution in [2.45, 2.75) is 39.5 Å². The van der Waals surface area contributed by atoms with Gasteiger partial charge in [0.1, 0.15) is 0 Å². The number of carbonyl (C=O) groups excluding carboxylic acids is 2. The van der Waals surface area contributed by atoms with Crippen molar-refractivity contribution in [2.75, 3.05) is 31.1 Å². The van der Waals surface area contributed by atoms with Crippen LogP contribution in [0.2, 0.25) is 0 Å². The standard InChI is InChI=1S/C19H26N2O3/c1-3-19(13-22)7-10-20(11-8-19)17(23)18(24)21-9-6-15-5-4-14(2)12-16(15)21/h4-5,12,22H,3,6-11,13H2,1-2H3. The van der Waals surface area contributed by atoms with Crippen molar-refractivity contribution in [1.82, 2.24) is 4.90 Å². The Morgan fingerprint density at radius 1 is 1.17 bits per heavy atom. The number of aliphatic hydroxyl groups is 1. The van der Waals surface area contributed by atoms with Crippen LogP contribution in [-0.4, -0.2) is 48.1 Å². The number of hydrogen-bond donors (Lipinski definition) is 1. The first-order valence-electron chi connectivity index (χ1n) is 8.81. The number of aliphatic hydroxyl groups excluding tert-OH is 1. The molecule has 0 unspecified atom stereocenters. The Kier molecular flexibility index (Phi) is 4.63. The average molecular weight is 330 g/mol. The van der Waals surface area contributed by atoms with E-state index in [1.807, 2.05) is 25.1 Å². The molecule has 1 aromatic carbocycles. The Labute approximate surface area is 143 Å². The zero-order valence-electron chi connectivity index (χ0n) is 14.5. The number of rotatable bonds is 2. The van der Waals surface area contributed by atoms with Crippen LogP contribution in [-0.2, 0) is 16.0 Å². The average Bonchev–Trinajstić information content (AvgIpc) is 3.03. The molecular formula is C19H26N2O3. The normalized spacial score (nSPS) is 19.3. The molecule has 1 N–H and O–H groups in total. The van der Waals surface area contributed by atoms with Crippen LogP contribution in [0, 0.1) is 12.3 Å². The lowest BCUT2D eigenvalue weighted by molar-refractivity contribution is -0.146. The molecule has 2 aliphatic rings. The second-order valence-corrected chi connectivity index (χ2v) is 7.14. The molecule has 0 aliphatic carbocycles. The van der Waals surface area contributed by atoms with Gasteiger partial charge in [-0.3, -0.25) is 9.59 Å². The number of amides is 2. The molecule has 1 saturated heterocycles. The van der Waals surface area contributed by atoms with Gasteiger partial charge in [-0.15, -0.1) is 0 Å².